The van der Waals surface area contributed by atoms with Gasteiger partial charge >= 0.3 is 0 Å². The molecular formula is C114H75N9OS2. The first-order valence-corrected chi connectivity index (χ1v) is 44.2. The summed E-state index contributed by atoms with van der Waals surface area (Å²) in [6, 6.07) is 156. The lowest BCUT2D eigenvalue weighted by molar-refractivity contribution is 0.477. The van der Waals surface area contributed by atoms with E-state index in [0.717, 1.165) is 68.4 Å². The molecule has 24 aromatic rings. The number of hydrogen-bond acceptors (Lipinski definition) is 6. The summed E-state index contributed by atoms with van der Waals surface area (Å²) in [6.45, 7) is 0. The van der Waals surface area contributed by atoms with Crippen LogP contribution in [-0.4, -0.2) is 27.4 Å². The van der Waals surface area contributed by atoms with Crippen molar-refractivity contribution >= 4 is 173 Å². The van der Waals surface area contributed by atoms with Crippen molar-refractivity contribution in [1.82, 2.24) is 27.4 Å². The fourth-order valence-corrected chi connectivity index (χ4v) is 21.6. The Hall–Kier alpha value is -16.1. The highest BCUT2D eigenvalue weighted by molar-refractivity contribution is 8.00. The van der Waals surface area contributed by atoms with E-state index >= 15 is 0 Å². The first kappa shape index (κ1) is 72.7. The van der Waals surface area contributed by atoms with Crippen LogP contribution < -0.4 is 19.4 Å². The summed E-state index contributed by atoms with van der Waals surface area (Å²) in [7, 11) is 0. The highest BCUT2D eigenvalue weighted by Gasteiger charge is 2.30. The van der Waals surface area contributed by atoms with E-state index in [1.54, 1.807) is 0 Å². The number of ether oxygens (including phenoxy) is 1. The molecule has 0 N–H and O–H groups in total. The number of anilines is 9. The van der Waals surface area contributed by atoms with Gasteiger partial charge in [0.05, 0.1) is 83.8 Å². The molecule has 0 bridgehead atoms. The number of fused-ring (bicyclic) bond motifs is 21. The van der Waals surface area contributed by atoms with Gasteiger partial charge in [0.15, 0.2) is 11.5 Å². The molecule has 0 unspecified atom stereocenters. The van der Waals surface area contributed by atoms with Gasteiger partial charge in [0, 0.05) is 138 Å². The van der Waals surface area contributed by atoms with Crippen LogP contribution in [0.4, 0.5) is 51.2 Å². The summed E-state index contributed by atoms with van der Waals surface area (Å²) in [4.78, 5) is 12.1. The molecule has 9 heterocycles. The Kier molecular flexibility index (Phi) is 17.2. The summed E-state index contributed by atoms with van der Waals surface area (Å²) < 4.78 is 20.4. The van der Waals surface area contributed by atoms with Crippen LogP contribution in [0, 0.1) is 0 Å². The zero-order chi connectivity index (χ0) is 82.9. The van der Waals surface area contributed by atoms with Gasteiger partial charge in [-0.3, -0.25) is 0 Å². The molecule has 0 spiro atoms. The van der Waals surface area contributed by atoms with Crippen molar-refractivity contribution in [2.75, 3.05) is 14.7 Å². The van der Waals surface area contributed by atoms with E-state index in [9.17, 15) is 0 Å². The summed E-state index contributed by atoms with van der Waals surface area (Å²) in [6.07, 6.45) is 6.56. The Morgan fingerprint density at radius 3 is 0.817 bits per heavy atom. The number of benzene rings is 18. The Balaban J connectivity index is 0.000000103. The molecule has 0 saturated carbocycles. The molecule has 0 radical (unpaired) electrons. The van der Waals surface area contributed by atoms with Crippen LogP contribution in [0.15, 0.2) is 475 Å². The smallest absolute Gasteiger partial charge is 0.151 e. The topological polar surface area (TPSA) is 48.5 Å². The van der Waals surface area contributed by atoms with Crippen molar-refractivity contribution in [3.8, 4) is 45.6 Å². The van der Waals surface area contributed by atoms with Crippen molar-refractivity contribution in [2.24, 2.45) is 0 Å². The van der Waals surface area contributed by atoms with Gasteiger partial charge in [0.25, 0.3) is 0 Å². The molecule has 0 atom stereocenters. The molecule has 18 aromatic carbocycles. The van der Waals surface area contributed by atoms with Gasteiger partial charge in [-0.15, -0.1) is 0 Å². The van der Waals surface area contributed by atoms with E-state index in [1.807, 2.05) is 47.8 Å². The van der Waals surface area contributed by atoms with Crippen LogP contribution in [0.2, 0.25) is 0 Å². The van der Waals surface area contributed by atoms with Gasteiger partial charge in [-0.1, -0.05) is 230 Å². The Morgan fingerprint density at radius 1 is 0.167 bits per heavy atom. The number of rotatable bonds is 9. The first-order chi connectivity index (χ1) is 62.5. The van der Waals surface area contributed by atoms with Gasteiger partial charge < -0.3 is 46.8 Å². The minimum Gasteiger partial charge on any atom is -0.453 e. The van der Waals surface area contributed by atoms with Gasteiger partial charge in [-0.05, 0) is 231 Å². The molecule has 12 heteroatoms. The second kappa shape index (κ2) is 29.9. The maximum absolute atomic E-state index is 6.24. The normalized spacial score (nSPS) is 12.6. The molecule has 0 saturated heterocycles. The van der Waals surface area contributed by atoms with Gasteiger partial charge in [0.1, 0.15) is 0 Å². The fraction of sp³-hybridized carbons (Fsp3) is 0. The Bertz CT molecular complexity index is 7950. The van der Waals surface area contributed by atoms with Gasteiger partial charge in [-0.2, -0.15) is 0 Å². The molecule has 3 aliphatic heterocycles. The zero-order valence-electron chi connectivity index (χ0n) is 68.1. The number of hydrogen-bond donors (Lipinski definition) is 0. The molecule has 594 valence electrons. The third-order valence-corrected chi connectivity index (χ3v) is 27.2. The minimum atomic E-state index is 0.855. The summed E-state index contributed by atoms with van der Waals surface area (Å²) in [5.74, 6) is 1.71. The van der Waals surface area contributed by atoms with Gasteiger partial charge in [0.2, 0.25) is 0 Å². The summed E-state index contributed by atoms with van der Waals surface area (Å²) in [5, 5.41) is 11.3. The van der Waals surface area contributed by atoms with Crippen molar-refractivity contribution < 1.29 is 4.74 Å². The van der Waals surface area contributed by atoms with Crippen LogP contribution in [0.25, 0.3) is 132 Å². The van der Waals surface area contributed by atoms with Crippen molar-refractivity contribution in [1.29, 1.82) is 0 Å². The number of para-hydroxylation sites is 14. The van der Waals surface area contributed by atoms with Crippen LogP contribution in [-0.2, 0) is 0 Å². The van der Waals surface area contributed by atoms with Crippen LogP contribution in [0.3, 0.4) is 0 Å². The van der Waals surface area contributed by atoms with E-state index in [-0.39, 0.29) is 0 Å². The predicted molar refractivity (Wildman–Crippen MR) is 525 cm³/mol. The van der Waals surface area contributed by atoms with E-state index in [2.05, 4.69) is 473 Å². The van der Waals surface area contributed by atoms with E-state index in [0.29, 0.717) is 0 Å². The molecule has 0 amide bonds. The first-order valence-electron chi connectivity index (χ1n) is 42.6. The van der Waals surface area contributed by atoms with Crippen molar-refractivity contribution in [3.63, 3.8) is 0 Å². The molecule has 6 aromatic heterocycles. The van der Waals surface area contributed by atoms with E-state index in [4.69, 9.17) is 4.74 Å². The maximum Gasteiger partial charge on any atom is 0.151 e. The molecule has 0 fully saturated rings. The predicted octanol–water partition coefficient (Wildman–Crippen LogP) is 31.6. The average molecular weight is 1650 g/mol. The molecule has 0 aliphatic carbocycles. The highest BCUT2D eigenvalue weighted by Crippen LogP contribution is 2.55. The quantitative estimate of drug-likeness (QED) is 0.144. The van der Waals surface area contributed by atoms with Crippen LogP contribution in [0.5, 0.6) is 11.5 Å². The largest absolute Gasteiger partial charge is 0.453 e. The van der Waals surface area contributed by atoms with Crippen LogP contribution >= 0.6 is 23.5 Å². The lowest BCUT2D eigenvalue weighted by Crippen LogP contribution is -2.15. The van der Waals surface area contributed by atoms with E-state index < -0.39 is 0 Å². The van der Waals surface area contributed by atoms with E-state index in [1.165, 1.54) is 146 Å². The standard InChI is InChI=1S/C38H25N3O.2C38H25N3S/c1-2-10-26(11-3-1)39-25-24-31-32(39)23-22-30-29-12-4-5-13-33(29)41(38(30)31)28-20-18-27(19-21-28)40-34-14-6-8-16-36(34)42-37-17-9-7-15-35(37)40;1-2-11-26(12-3-1)39-24-23-31-32(39)22-21-30-29-15-4-5-16-33(29)41(38(30)31)28-14-10-13-27(25-28)40-34-17-6-8-19-36(34)42-37-20-9-7-18-35(37)40;1-2-10-26(11-3-1)39-25-24-31-32(39)23-22-30-29-12-4-5-13-33(29)41(38(30)31)28-20-18-27(19-21-28)40-34-14-6-8-16-36(34)42-37-17-9-7-15-35(37)40/h3*1-25H. The fourth-order valence-electron chi connectivity index (χ4n) is 19.5. The van der Waals surface area contributed by atoms with Crippen molar-refractivity contribution in [3.05, 3.63) is 455 Å². The lowest BCUT2D eigenvalue weighted by atomic mass is 10.1. The minimum absolute atomic E-state index is 0.855. The van der Waals surface area contributed by atoms with Gasteiger partial charge in [-0.25, -0.2) is 0 Å². The Morgan fingerprint density at radius 2 is 0.444 bits per heavy atom. The molecule has 27 rings (SSSR count). The number of nitrogens with zero attached hydrogens (tertiary/aromatic N) is 9. The third-order valence-electron chi connectivity index (χ3n) is 25.0. The summed E-state index contributed by atoms with van der Waals surface area (Å²) >= 11 is 3.68. The average Bonchev–Trinajstić information content (AvgIpc) is 1.56. The monoisotopic (exact) mass is 1650 g/mol. The SMILES string of the molecule is c1ccc(-n2ccc3c2ccc2c4ccccc4n(-c4ccc(N5c6ccccc6Oc6ccccc65)cc4)c23)cc1.c1ccc(-n2ccc3c2ccc2c4ccccc4n(-c4ccc(N5c6ccccc6Sc6ccccc65)cc4)c23)cc1.c1ccc(-n2ccc3c2ccc2c4ccccc4n(-c4cccc(N5c6ccccc6Sc6ccccc65)c4)c23)cc1. The Labute approximate surface area is 735 Å². The molecule has 126 heavy (non-hydrogen) atoms. The highest BCUT2D eigenvalue weighted by atomic mass is 32.2. The zero-order valence-corrected chi connectivity index (χ0v) is 69.7. The van der Waals surface area contributed by atoms with Crippen LogP contribution in [0.1, 0.15) is 0 Å². The molecule has 10 nitrogen and oxygen atoms in total. The summed E-state index contributed by atoms with van der Waals surface area (Å²) in [5.41, 5.74) is 28.1. The third kappa shape index (κ3) is 11.8. The number of aromatic nitrogens is 6. The second-order valence-corrected chi connectivity index (χ2v) is 34.1. The molecular weight excluding hydrogens is 1580 g/mol. The lowest BCUT2D eigenvalue weighted by Gasteiger charge is -2.33. The molecule has 3 aliphatic rings. The second-order valence-electron chi connectivity index (χ2n) is 32.0. The maximum atomic E-state index is 6.24. The van der Waals surface area contributed by atoms with Crippen molar-refractivity contribution in [2.45, 2.75) is 19.6 Å².